The summed E-state index contributed by atoms with van der Waals surface area (Å²) in [6, 6.07) is 0. The van der Waals surface area contributed by atoms with Crippen LogP contribution in [0, 0.1) is 0 Å². The predicted molar refractivity (Wildman–Crippen MR) is 196 cm³/mol. The van der Waals surface area contributed by atoms with Crippen molar-refractivity contribution < 1.29 is 0 Å². The summed E-state index contributed by atoms with van der Waals surface area (Å²) in [6.45, 7) is 24.1. The summed E-state index contributed by atoms with van der Waals surface area (Å²) in [5.74, 6) is 0. The van der Waals surface area contributed by atoms with Crippen LogP contribution in [0.4, 0.5) is 0 Å². The number of rotatable bonds is 14. The Labute approximate surface area is 250 Å². The van der Waals surface area contributed by atoms with Gasteiger partial charge in [0.15, 0.2) is 0 Å². The molecule has 0 spiro atoms. The Balaban J connectivity index is 1.91. The number of hydrogen-bond acceptors (Lipinski definition) is 0. The third-order valence-electron chi connectivity index (χ3n) is 14.0. The third-order valence-corrected chi connectivity index (χ3v) is 32.1. The second kappa shape index (κ2) is 15.3. The van der Waals surface area contributed by atoms with E-state index in [-0.39, 0.29) is 0 Å². The van der Waals surface area contributed by atoms with E-state index in [0.29, 0.717) is 5.16 Å². The Morgan fingerprint density at radius 3 is 1.38 bits per heavy atom. The van der Waals surface area contributed by atoms with Gasteiger partial charge in [0, 0.05) is 0 Å². The van der Waals surface area contributed by atoms with E-state index in [4.69, 9.17) is 0 Å². The van der Waals surface area contributed by atoms with Crippen LogP contribution < -0.4 is 0 Å². The Bertz CT molecular complexity index is 643. The van der Waals surface area contributed by atoms with Gasteiger partial charge in [0.25, 0.3) is 0 Å². The van der Waals surface area contributed by atoms with Crippen molar-refractivity contribution in [1.82, 2.24) is 0 Å². The maximum absolute atomic E-state index is 2.92. The van der Waals surface area contributed by atoms with E-state index in [1.54, 1.807) is 95.8 Å². The Kier molecular flexibility index (Phi) is 13.7. The van der Waals surface area contributed by atoms with Gasteiger partial charge in [-0.25, -0.2) is 0 Å². The average molecular weight is 603 g/mol. The summed E-state index contributed by atoms with van der Waals surface area (Å²) in [7, 11) is -3.79. The molecule has 0 amide bonds. The van der Waals surface area contributed by atoms with Gasteiger partial charge in [-0.3, -0.25) is 0 Å². The zero-order valence-corrected chi connectivity index (χ0v) is 31.7. The van der Waals surface area contributed by atoms with Gasteiger partial charge < -0.3 is 0 Å². The van der Waals surface area contributed by atoms with Crippen molar-refractivity contribution >= 4 is 21.8 Å². The molecule has 1 unspecified atom stereocenters. The third kappa shape index (κ3) is 8.27. The molecule has 0 nitrogen and oxygen atoms in total. The summed E-state index contributed by atoms with van der Waals surface area (Å²) in [4.78, 5) is 0. The zero-order valence-electron chi connectivity index (χ0n) is 28.7. The van der Waals surface area contributed by atoms with Crippen molar-refractivity contribution in [3.05, 3.63) is 0 Å². The fourth-order valence-corrected chi connectivity index (χ4v) is 27.1. The molecule has 0 aromatic heterocycles. The van der Waals surface area contributed by atoms with Gasteiger partial charge >= 0.3 is 251 Å². The molecule has 3 rings (SSSR count). The first kappa shape index (κ1) is 34.8. The minimum atomic E-state index is -1.51. The van der Waals surface area contributed by atoms with Crippen molar-refractivity contribution in [1.29, 1.82) is 0 Å². The summed E-state index contributed by atoms with van der Waals surface area (Å²) < 4.78 is 0. The van der Waals surface area contributed by atoms with Crippen LogP contribution in [0.3, 0.4) is 0 Å². The summed E-state index contributed by atoms with van der Waals surface area (Å²) in [5, 5.41) is 0.632. The van der Waals surface area contributed by atoms with Crippen LogP contribution in [0.2, 0.25) is 0 Å². The summed E-state index contributed by atoms with van der Waals surface area (Å²) in [6.07, 6.45) is 33.1. The first-order valence-corrected chi connectivity index (χ1v) is 26.9. The molecule has 3 aliphatic carbocycles. The quantitative estimate of drug-likeness (QED) is 0.174. The molecule has 39 heavy (non-hydrogen) atoms. The predicted octanol–water partition coefficient (Wildman–Crippen LogP) is 11.9. The van der Waals surface area contributed by atoms with Crippen molar-refractivity contribution in [2.24, 2.45) is 0 Å². The molecular weight excluding hydrogens is 525 g/mol. The topological polar surface area (TPSA) is 0 Å². The summed E-state index contributed by atoms with van der Waals surface area (Å²) >= 11 is 0. The monoisotopic (exact) mass is 603 g/mol. The van der Waals surface area contributed by atoms with Crippen LogP contribution in [0.1, 0.15) is 157 Å². The van der Waals surface area contributed by atoms with E-state index in [0.717, 1.165) is 28.3 Å². The Morgan fingerprint density at radius 2 is 1.05 bits per heavy atom. The van der Waals surface area contributed by atoms with Gasteiger partial charge in [-0.2, -0.15) is 0 Å². The zero-order chi connectivity index (χ0) is 28.7. The first-order valence-electron chi connectivity index (χ1n) is 18.4. The van der Waals surface area contributed by atoms with Crippen LogP contribution in [0.15, 0.2) is 0 Å². The molecule has 3 aliphatic rings. The molecule has 1 atom stereocenters. The second-order valence-electron chi connectivity index (χ2n) is 17.4. The standard InChI is InChI=1S/C36H77P3/c1-10-38(31(2)3,29-20-21-32(4)37(7,8)9)30-28-36(5,6)39(33-22-14-11-15-23-33,34-24-16-12-17-25-34)35-26-18-13-19-27-35/h31-35,37-39H,10-30H2,1-9H3. The van der Waals surface area contributed by atoms with Crippen molar-refractivity contribution in [3.8, 4) is 0 Å². The van der Waals surface area contributed by atoms with Crippen LogP contribution in [0.25, 0.3) is 0 Å². The number of hydrogen-bond donors (Lipinski definition) is 0. The molecule has 0 radical (unpaired) electrons. The SMILES string of the molecule is CC[PH](CCCC(C)[PH](C)(C)C)(CCC(C)(C)[PH](C1CCCCC1)(C1CCCCC1)C1CCCCC1)C(C)C. The van der Waals surface area contributed by atoms with E-state index in [1.807, 2.05) is 0 Å². The fraction of sp³-hybridized carbons (Fsp3) is 1.00. The maximum atomic E-state index is 2.92. The van der Waals surface area contributed by atoms with E-state index in [2.05, 4.69) is 61.5 Å². The molecule has 236 valence electrons. The summed E-state index contributed by atoms with van der Waals surface area (Å²) in [5.41, 5.74) is 5.40. The van der Waals surface area contributed by atoms with E-state index < -0.39 is 21.8 Å². The van der Waals surface area contributed by atoms with Crippen LogP contribution in [0.5, 0.6) is 0 Å². The van der Waals surface area contributed by atoms with Gasteiger partial charge in [-0.15, -0.1) is 0 Å². The molecule has 0 N–H and O–H groups in total. The Hall–Kier alpha value is 1.29. The fourth-order valence-electron chi connectivity index (χ4n) is 10.8. The van der Waals surface area contributed by atoms with Gasteiger partial charge in [-0.1, -0.05) is 0 Å². The van der Waals surface area contributed by atoms with Crippen LogP contribution in [-0.2, 0) is 0 Å². The van der Waals surface area contributed by atoms with Gasteiger partial charge in [0.2, 0.25) is 0 Å². The molecule has 3 heteroatoms. The molecule has 0 aromatic carbocycles. The molecule has 0 aliphatic heterocycles. The normalized spacial score (nSPS) is 24.2. The van der Waals surface area contributed by atoms with E-state index in [1.165, 1.54) is 38.3 Å². The molecular formula is C36H77P3. The second-order valence-corrected chi connectivity index (χ2v) is 34.3. The minimum absolute atomic E-state index is 0.632. The molecule has 0 aromatic rings. The van der Waals surface area contributed by atoms with E-state index in [9.17, 15) is 0 Å². The Morgan fingerprint density at radius 1 is 0.641 bits per heavy atom. The molecule has 0 saturated heterocycles. The van der Waals surface area contributed by atoms with Gasteiger partial charge in [-0.05, 0) is 0 Å². The van der Waals surface area contributed by atoms with E-state index >= 15 is 0 Å². The van der Waals surface area contributed by atoms with Crippen molar-refractivity contribution in [2.75, 3.05) is 38.5 Å². The molecule has 3 saturated carbocycles. The van der Waals surface area contributed by atoms with Crippen LogP contribution in [-0.4, -0.2) is 71.9 Å². The molecule has 0 heterocycles. The van der Waals surface area contributed by atoms with Crippen molar-refractivity contribution in [3.63, 3.8) is 0 Å². The van der Waals surface area contributed by atoms with Crippen molar-refractivity contribution in [2.45, 2.75) is 191 Å². The average Bonchev–Trinajstić information content (AvgIpc) is 2.92. The first-order chi connectivity index (χ1) is 18.4. The van der Waals surface area contributed by atoms with Crippen LogP contribution >= 0.6 is 21.8 Å². The molecule has 0 bridgehead atoms. The van der Waals surface area contributed by atoms with Gasteiger partial charge in [0.05, 0.1) is 0 Å². The molecule has 3 fully saturated rings. The van der Waals surface area contributed by atoms with Gasteiger partial charge in [0.1, 0.15) is 0 Å².